The number of hydrogen-bond donors (Lipinski definition) is 2. The van der Waals surface area contributed by atoms with E-state index in [1.807, 2.05) is 38.2 Å². The van der Waals surface area contributed by atoms with Crippen LogP contribution in [0.1, 0.15) is 38.3 Å². The van der Waals surface area contributed by atoms with Crippen LogP contribution < -0.4 is 10.6 Å². The van der Waals surface area contributed by atoms with Crippen molar-refractivity contribution in [1.82, 2.24) is 5.32 Å². The van der Waals surface area contributed by atoms with E-state index in [4.69, 9.17) is 4.74 Å². The first kappa shape index (κ1) is 15.7. The fourth-order valence-electron chi connectivity index (χ4n) is 1.73. The third-order valence-electron chi connectivity index (χ3n) is 3.28. The van der Waals surface area contributed by atoms with Crippen molar-refractivity contribution in [2.24, 2.45) is 0 Å². The minimum absolute atomic E-state index is 0.0261. The Hall–Kier alpha value is -1.39. The second kappa shape index (κ2) is 7.92. The summed E-state index contributed by atoms with van der Waals surface area (Å²) in [6.45, 7) is 4.05. The second-order valence-electron chi connectivity index (χ2n) is 4.77. The summed E-state index contributed by atoms with van der Waals surface area (Å²) in [5.74, 6) is 0.0261. The molecular weight excluding hydrogens is 240 g/mol. The summed E-state index contributed by atoms with van der Waals surface area (Å²) < 4.78 is 5.13. The molecule has 0 radical (unpaired) electrons. The van der Waals surface area contributed by atoms with Crippen LogP contribution >= 0.6 is 0 Å². The Labute approximate surface area is 115 Å². The molecule has 0 saturated carbocycles. The second-order valence-corrected chi connectivity index (χ2v) is 4.77. The zero-order valence-corrected chi connectivity index (χ0v) is 12.2. The lowest BCUT2D eigenvalue weighted by atomic mass is 10.1. The van der Waals surface area contributed by atoms with Gasteiger partial charge in [0.25, 0.3) is 0 Å². The summed E-state index contributed by atoms with van der Waals surface area (Å²) in [6, 6.07) is 8.17. The number of benzene rings is 1. The van der Waals surface area contributed by atoms with E-state index in [9.17, 15) is 4.79 Å². The van der Waals surface area contributed by atoms with Crippen LogP contribution in [-0.2, 0) is 9.53 Å². The molecule has 0 fully saturated rings. The van der Waals surface area contributed by atoms with Crippen molar-refractivity contribution in [3.8, 4) is 0 Å². The molecule has 2 N–H and O–H groups in total. The van der Waals surface area contributed by atoms with Gasteiger partial charge in [0, 0.05) is 25.3 Å². The predicted molar refractivity (Wildman–Crippen MR) is 78.3 cm³/mol. The average molecular weight is 264 g/mol. The van der Waals surface area contributed by atoms with Crippen molar-refractivity contribution in [1.29, 1.82) is 0 Å². The molecule has 4 nitrogen and oxygen atoms in total. The van der Waals surface area contributed by atoms with Gasteiger partial charge in [-0.25, -0.2) is 0 Å². The Balaban J connectivity index is 2.54. The van der Waals surface area contributed by atoms with Gasteiger partial charge in [0.05, 0.1) is 6.10 Å². The van der Waals surface area contributed by atoms with Gasteiger partial charge in [-0.2, -0.15) is 0 Å². The number of carbonyl (C=O) groups is 1. The van der Waals surface area contributed by atoms with Gasteiger partial charge < -0.3 is 15.4 Å². The monoisotopic (exact) mass is 264 g/mol. The van der Waals surface area contributed by atoms with Crippen molar-refractivity contribution in [3.63, 3.8) is 0 Å². The highest BCUT2D eigenvalue weighted by Crippen LogP contribution is 2.17. The topological polar surface area (TPSA) is 50.4 Å². The Morgan fingerprint density at radius 3 is 2.74 bits per heavy atom. The molecular formula is C15H24N2O2. The van der Waals surface area contributed by atoms with Crippen LogP contribution in [0.25, 0.3) is 0 Å². The number of nitrogens with one attached hydrogen (secondary N) is 2. The number of amides is 1. The molecule has 0 aromatic heterocycles. The quantitative estimate of drug-likeness (QED) is 0.796. The van der Waals surface area contributed by atoms with E-state index in [-0.39, 0.29) is 18.1 Å². The molecule has 2 unspecified atom stereocenters. The van der Waals surface area contributed by atoms with Gasteiger partial charge in [-0.15, -0.1) is 0 Å². The standard InChI is InChI=1S/C15H24N2O2/c1-11(19-4)8-9-15(18)17-14-7-5-6-13(10-14)12(2)16-3/h5-7,10-12,16H,8-9H2,1-4H3,(H,17,18). The van der Waals surface area contributed by atoms with Crippen LogP contribution in [0.3, 0.4) is 0 Å². The van der Waals surface area contributed by atoms with E-state index in [1.54, 1.807) is 7.11 Å². The van der Waals surface area contributed by atoms with Crippen LogP contribution in [-0.4, -0.2) is 26.2 Å². The van der Waals surface area contributed by atoms with Gasteiger partial charge in [0.2, 0.25) is 5.91 Å². The van der Waals surface area contributed by atoms with Crippen LogP contribution in [0.2, 0.25) is 0 Å². The normalized spacial score (nSPS) is 13.9. The molecule has 2 atom stereocenters. The third-order valence-corrected chi connectivity index (χ3v) is 3.28. The molecule has 0 bridgehead atoms. The minimum Gasteiger partial charge on any atom is -0.382 e. The van der Waals surface area contributed by atoms with Crippen molar-refractivity contribution in [2.75, 3.05) is 19.5 Å². The van der Waals surface area contributed by atoms with Crippen molar-refractivity contribution in [3.05, 3.63) is 29.8 Å². The summed E-state index contributed by atoms with van der Waals surface area (Å²) in [5, 5.41) is 6.10. The number of carbonyl (C=O) groups excluding carboxylic acids is 1. The first-order chi connectivity index (χ1) is 9.06. The van der Waals surface area contributed by atoms with E-state index < -0.39 is 0 Å². The van der Waals surface area contributed by atoms with Crippen LogP contribution in [0.5, 0.6) is 0 Å². The molecule has 4 heteroatoms. The van der Waals surface area contributed by atoms with Crippen molar-refractivity contribution < 1.29 is 9.53 Å². The van der Waals surface area contributed by atoms with Crippen molar-refractivity contribution in [2.45, 2.75) is 38.8 Å². The minimum atomic E-state index is 0.0261. The highest BCUT2D eigenvalue weighted by atomic mass is 16.5. The summed E-state index contributed by atoms with van der Waals surface area (Å²) in [5.41, 5.74) is 2.00. The van der Waals surface area contributed by atoms with E-state index in [1.165, 1.54) is 0 Å². The predicted octanol–water partition coefficient (Wildman–Crippen LogP) is 2.72. The van der Waals surface area contributed by atoms with E-state index in [0.29, 0.717) is 6.42 Å². The summed E-state index contributed by atoms with van der Waals surface area (Å²) >= 11 is 0. The van der Waals surface area contributed by atoms with Gasteiger partial charge in [0.1, 0.15) is 0 Å². The molecule has 1 rings (SSSR count). The maximum Gasteiger partial charge on any atom is 0.224 e. The zero-order valence-electron chi connectivity index (χ0n) is 12.2. The highest BCUT2D eigenvalue weighted by Gasteiger charge is 2.08. The fraction of sp³-hybridized carbons (Fsp3) is 0.533. The summed E-state index contributed by atoms with van der Waals surface area (Å²) in [7, 11) is 3.58. The van der Waals surface area contributed by atoms with Gasteiger partial charge in [-0.1, -0.05) is 12.1 Å². The number of rotatable bonds is 7. The van der Waals surface area contributed by atoms with E-state index in [2.05, 4.69) is 17.6 Å². The smallest absolute Gasteiger partial charge is 0.224 e. The molecule has 0 saturated heterocycles. The number of hydrogen-bond acceptors (Lipinski definition) is 3. The van der Waals surface area contributed by atoms with Crippen LogP contribution in [0, 0.1) is 0 Å². The van der Waals surface area contributed by atoms with E-state index in [0.717, 1.165) is 17.7 Å². The molecule has 1 aromatic carbocycles. The number of anilines is 1. The molecule has 106 valence electrons. The third kappa shape index (κ3) is 5.41. The largest absolute Gasteiger partial charge is 0.382 e. The molecule has 19 heavy (non-hydrogen) atoms. The van der Waals surface area contributed by atoms with Gasteiger partial charge in [-0.05, 0) is 45.0 Å². The molecule has 0 heterocycles. The molecule has 0 aliphatic carbocycles. The molecule has 1 amide bonds. The highest BCUT2D eigenvalue weighted by molar-refractivity contribution is 5.90. The molecule has 0 spiro atoms. The average Bonchev–Trinajstić information content (AvgIpc) is 2.44. The summed E-state index contributed by atoms with van der Waals surface area (Å²) in [6.07, 6.45) is 1.32. The molecule has 0 aliphatic rings. The maximum atomic E-state index is 11.8. The summed E-state index contributed by atoms with van der Waals surface area (Å²) in [4.78, 5) is 11.8. The first-order valence-corrected chi connectivity index (χ1v) is 6.66. The first-order valence-electron chi connectivity index (χ1n) is 6.66. The molecule has 1 aromatic rings. The zero-order chi connectivity index (χ0) is 14.3. The number of ether oxygens (including phenoxy) is 1. The lowest BCUT2D eigenvalue weighted by Crippen LogP contribution is -2.16. The van der Waals surface area contributed by atoms with Gasteiger partial charge >= 0.3 is 0 Å². The lowest BCUT2D eigenvalue weighted by molar-refractivity contribution is -0.116. The Bertz CT molecular complexity index is 407. The van der Waals surface area contributed by atoms with Crippen LogP contribution in [0.15, 0.2) is 24.3 Å². The van der Waals surface area contributed by atoms with Crippen molar-refractivity contribution >= 4 is 11.6 Å². The molecule has 0 aliphatic heterocycles. The number of methoxy groups -OCH3 is 1. The van der Waals surface area contributed by atoms with E-state index >= 15 is 0 Å². The lowest BCUT2D eigenvalue weighted by Gasteiger charge is -2.13. The SMILES string of the molecule is CNC(C)c1cccc(NC(=O)CCC(C)OC)c1. The van der Waals surface area contributed by atoms with Gasteiger partial charge in [0.15, 0.2) is 0 Å². The maximum absolute atomic E-state index is 11.8. The Morgan fingerprint density at radius 2 is 2.11 bits per heavy atom. The fourth-order valence-corrected chi connectivity index (χ4v) is 1.73. The Kier molecular flexibility index (Phi) is 6.53. The van der Waals surface area contributed by atoms with Crippen LogP contribution in [0.4, 0.5) is 5.69 Å². The Morgan fingerprint density at radius 1 is 1.37 bits per heavy atom. The van der Waals surface area contributed by atoms with Gasteiger partial charge in [-0.3, -0.25) is 4.79 Å².